The zero-order valence-electron chi connectivity index (χ0n) is 20.0. The first-order valence-corrected chi connectivity index (χ1v) is 12.5. The minimum absolute atomic E-state index is 0.0101. The Bertz CT molecular complexity index is 1420. The van der Waals surface area contributed by atoms with Crippen LogP contribution >= 0.6 is 0 Å². The molecule has 0 spiro atoms. The minimum atomic E-state index is -1.09. The van der Waals surface area contributed by atoms with Gasteiger partial charge in [-0.25, -0.2) is 18.7 Å². The smallest absolute Gasteiger partial charge is 0.335 e. The summed E-state index contributed by atoms with van der Waals surface area (Å²) >= 11 is 0. The Kier molecular flexibility index (Phi) is 5.50. The lowest BCUT2D eigenvalue weighted by Gasteiger charge is -2.27. The van der Waals surface area contributed by atoms with Gasteiger partial charge in [-0.05, 0) is 50.8 Å². The lowest BCUT2D eigenvalue weighted by molar-refractivity contribution is -0.133. The van der Waals surface area contributed by atoms with Gasteiger partial charge in [-0.1, -0.05) is 18.9 Å². The Morgan fingerprint density at radius 2 is 1.97 bits per heavy atom. The number of aliphatic carboxylic acids is 1. The van der Waals surface area contributed by atoms with E-state index in [2.05, 4.69) is 17.0 Å². The van der Waals surface area contributed by atoms with Crippen LogP contribution in [0.3, 0.4) is 0 Å². The highest BCUT2D eigenvalue weighted by Gasteiger charge is 2.31. The molecule has 1 N–H and O–H groups in total. The van der Waals surface area contributed by atoms with Crippen molar-refractivity contribution in [3.63, 3.8) is 0 Å². The van der Waals surface area contributed by atoms with E-state index in [0.717, 1.165) is 50.8 Å². The van der Waals surface area contributed by atoms with Gasteiger partial charge in [0.25, 0.3) is 5.91 Å². The van der Waals surface area contributed by atoms with E-state index < -0.39 is 11.8 Å². The predicted molar refractivity (Wildman–Crippen MR) is 130 cm³/mol. The van der Waals surface area contributed by atoms with Crippen LogP contribution in [0.2, 0.25) is 0 Å². The van der Waals surface area contributed by atoms with E-state index in [0.29, 0.717) is 28.5 Å². The summed E-state index contributed by atoms with van der Waals surface area (Å²) in [6.45, 7) is 2.62. The summed E-state index contributed by atoms with van der Waals surface area (Å²) in [6, 6.07) is 6.92. The van der Waals surface area contributed by atoms with Gasteiger partial charge < -0.3 is 14.7 Å². The molecule has 3 aromatic rings. The van der Waals surface area contributed by atoms with Gasteiger partial charge in [-0.2, -0.15) is 5.10 Å². The molecule has 0 unspecified atom stereocenters. The van der Waals surface area contributed by atoms with Crippen LogP contribution in [-0.4, -0.2) is 55.7 Å². The molecule has 4 heterocycles. The fourth-order valence-corrected chi connectivity index (χ4v) is 5.16. The molecule has 1 amide bonds. The Morgan fingerprint density at radius 1 is 1.14 bits per heavy atom. The lowest BCUT2D eigenvalue weighted by Crippen LogP contribution is -2.38. The molecule has 9 heteroatoms. The summed E-state index contributed by atoms with van der Waals surface area (Å²) < 4.78 is 22.6. The van der Waals surface area contributed by atoms with E-state index in [-0.39, 0.29) is 35.4 Å². The van der Waals surface area contributed by atoms with E-state index in [4.69, 9.17) is 4.74 Å². The van der Waals surface area contributed by atoms with Gasteiger partial charge in [0.05, 0.1) is 11.3 Å². The summed E-state index contributed by atoms with van der Waals surface area (Å²) in [5.41, 5.74) is 2.89. The van der Waals surface area contributed by atoms with Crippen molar-refractivity contribution in [2.45, 2.75) is 57.4 Å². The number of rotatable bonds is 4. The highest BCUT2D eigenvalue weighted by molar-refractivity contribution is 5.94. The van der Waals surface area contributed by atoms with Crippen LogP contribution in [0.4, 0.5) is 4.39 Å². The van der Waals surface area contributed by atoms with Crippen molar-refractivity contribution in [2.24, 2.45) is 0 Å². The van der Waals surface area contributed by atoms with Gasteiger partial charge in [-0.15, -0.1) is 0 Å². The van der Waals surface area contributed by atoms with Crippen molar-refractivity contribution in [3.8, 4) is 17.0 Å². The molecule has 1 atom stereocenters. The maximum Gasteiger partial charge on any atom is 0.335 e. The molecule has 6 rings (SSSR count). The number of hydrogen-bond acceptors (Lipinski definition) is 5. The SMILES string of the molecule is C[C@@H]1CCCCCN1C(=O)c1cc(C2CC2)n2nc(-c3ccc4c(c3F)OCC(C(=O)O)=C4)cc2n1. The maximum absolute atomic E-state index is 15.5. The Balaban J connectivity index is 1.41. The first kappa shape index (κ1) is 22.7. The van der Waals surface area contributed by atoms with Crippen molar-refractivity contribution < 1.29 is 23.8 Å². The van der Waals surface area contributed by atoms with Gasteiger partial charge in [0, 0.05) is 41.4 Å². The Morgan fingerprint density at radius 3 is 2.75 bits per heavy atom. The second-order valence-corrected chi connectivity index (χ2v) is 9.95. The first-order chi connectivity index (χ1) is 17.4. The maximum atomic E-state index is 15.5. The highest BCUT2D eigenvalue weighted by Crippen LogP contribution is 2.41. The quantitative estimate of drug-likeness (QED) is 0.571. The average molecular weight is 491 g/mol. The van der Waals surface area contributed by atoms with Gasteiger partial charge in [0.15, 0.2) is 17.2 Å². The number of fused-ring (bicyclic) bond motifs is 2. The zero-order valence-corrected chi connectivity index (χ0v) is 20.0. The molecule has 1 saturated heterocycles. The fourth-order valence-electron chi connectivity index (χ4n) is 5.16. The molecule has 36 heavy (non-hydrogen) atoms. The molecule has 2 aliphatic heterocycles. The molecule has 1 saturated carbocycles. The number of carbonyl (C=O) groups is 2. The van der Waals surface area contributed by atoms with Crippen LogP contribution in [-0.2, 0) is 4.79 Å². The molecule has 1 aliphatic carbocycles. The number of hydrogen-bond donors (Lipinski definition) is 1. The van der Waals surface area contributed by atoms with Crippen molar-refractivity contribution >= 4 is 23.6 Å². The normalized spacial score (nSPS) is 19.9. The lowest BCUT2D eigenvalue weighted by atomic mass is 10.0. The van der Waals surface area contributed by atoms with Crippen molar-refractivity contribution in [3.05, 3.63) is 52.6 Å². The van der Waals surface area contributed by atoms with Crippen LogP contribution in [0, 0.1) is 5.82 Å². The zero-order chi connectivity index (χ0) is 25.0. The van der Waals surface area contributed by atoms with Crippen LogP contribution in [0.1, 0.15) is 73.1 Å². The van der Waals surface area contributed by atoms with Crippen molar-refractivity contribution in [1.82, 2.24) is 19.5 Å². The second-order valence-electron chi connectivity index (χ2n) is 9.95. The van der Waals surface area contributed by atoms with E-state index in [1.165, 1.54) is 6.08 Å². The number of likely N-dealkylation sites (tertiary alicyclic amines) is 1. The van der Waals surface area contributed by atoms with Gasteiger partial charge in [0.2, 0.25) is 0 Å². The van der Waals surface area contributed by atoms with E-state index in [1.54, 1.807) is 22.7 Å². The number of benzene rings is 1. The van der Waals surface area contributed by atoms with E-state index >= 15 is 4.39 Å². The summed E-state index contributed by atoms with van der Waals surface area (Å²) in [5, 5.41) is 13.9. The predicted octanol–water partition coefficient (Wildman–Crippen LogP) is 4.68. The monoisotopic (exact) mass is 490 g/mol. The topological polar surface area (TPSA) is 97.0 Å². The summed E-state index contributed by atoms with van der Waals surface area (Å²) in [4.78, 5) is 31.3. The summed E-state index contributed by atoms with van der Waals surface area (Å²) in [6.07, 6.45) is 7.69. The molecule has 0 radical (unpaired) electrons. The molecule has 2 aromatic heterocycles. The number of halogens is 1. The van der Waals surface area contributed by atoms with Crippen LogP contribution in [0.25, 0.3) is 23.0 Å². The summed E-state index contributed by atoms with van der Waals surface area (Å²) in [5.74, 6) is -1.45. The second kappa shape index (κ2) is 8.72. The fraction of sp³-hybridized carbons (Fsp3) is 0.407. The molecule has 0 bridgehead atoms. The third-order valence-electron chi connectivity index (χ3n) is 7.36. The average Bonchev–Trinajstić information content (AvgIpc) is 3.66. The third kappa shape index (κ3) is 3.92. The summed E-state index contributed by atoms with van der Waals surface area (Å²) in [7, 11) is 0. The standard InChI is InChI=1S/C27H27FN4O4/c1-15-5-3-2-4-10-31(15)26(33)21-12-22(16-6-7-16)32-23(29-21)13-20(30-32)19-9-8-17-11-18(27(34)35)14-36-25(17)24(19)28/h8-9,11-13,15-16H,2-7,10,14H2,1H3,(H,34,35)/t15-/m1/s1. The van der Waals surface area contributed by atoms with Crippen molar-refractivity contribution in [2.75, 3.05) is 13.2 Å². The third-order valence-corrected chi connectivity index (χ3v) is 7.36. The minimum Gasteiger partial charge on any atom is -0.485 e. The van der Waals surface area contributed by atoms with Gasteiger partial charge in [0.1, 0.15) is 12.3 Å². The molecule has 2 fully saturated rings. The molecule has 8 nitrogen and oxygen atoms in total. The molecule has 1 aromatic carbocycles. The number of carboxylic acids is 1. The highest BCUT2D eigenvalue weighted by atomic mass is 19.1. The molecule has 3 aliphatic rings. The first-order valence-electron chi connectivity index (χ1n) is 12.5. The number of amides is 1. The molecular formula is C27H27FN4O4. The number of aromatic nitrogens is 3. The number of ether oxygens (including phenoxy) is 1. The van der Waals surface area contributed by atoms with E-state index in [9.17, 15) is 14.7 Å². The Hall–Kier alpha value is -3.75. The van der Waals surface area contributed by atoms with Gasteiger partial charge in [-0.3, -0.25) is 4.79 Å². The number of carboxylic acid groups (broad SMARTS) is 1. The van der Waals surface area contributed by atoms with Crippen LogP contribution < -0.4 is 4.74 Å². The van der Waals surface area contributed by atoms with E-state index in [1.807, 2.05) is 11.0 Å². The number of nitrogens with zero attached hydrogens (tertiary/aromatic N) is 4. The number of carbonyl (C=O) groups excluding carboxylic acids is 1. The van der Waals surface area contributed by atoms with Gasteiger partial charge >= 0.3 is 5.97 Å². The van der Waals surface area contributed by atoms with Crippen LogP contribution in [0.5, 0.6) is 5.75 Å². The Labute approximate surface area is 207 Å². The van der Waals surface area contributed by atoms with Crippen molar-refractivity contribution in [1.29, 1.82) is 0 Å². The molecular weight excluding hydrogens is 463 g/mol. The largest absolute Gasteiger partial charge is 0.485 e. The molecule has 186 valence electrons. The van der Waals surface area contributed by atoms with Crippen LogP contribution in [0.15, 0.2) is 29.8 Å².